The van der Waals surface area contributed by atoms with E-state index in [1.807, 2.05) is 36.4 Å². The van der Waals surface area contributed by atoms with Gasteiger partial charge in [-0.3, -0.25) is 0 Å². The van der Waals surface area contributed by atoms with Gasteiger partial charge in [0.2, 0.25) is 5.95 Å². The molecule has 5 heteroatoms. The van der Waals surface area contributed by atoms with Gasteiger partial charge in [0.25, 0.3) is 0 Å². The molecule has 2 aromatic carbocycles. The number of benzene rings is 2. The average Bonchev–Trinajstić information content (AvgIpc) is 2.63. The van der Waals surface area contributed by atoms with Crippen molar-refractivity contribution in [2.24, 2.45) is 0 Å². The van der Waals surface area contributed by atoms with Crippen LogP contribution in [0.5, 0.6) is 0 Å². The maximum absolute atomic E-state index is 9.08. The van der Waals surface area contributed by atoms with Crippen LogP contribution in [0.1, 0.15) is 16.7 Å². The number of anilines is 3. The number of rotatable bonds is 6. The van der Waals surface area contributed by atoms with Crippen LogP contribution in [-0.4, -0.2) is 28.2 Å². The first-order valence-electron chi connectivity index (χ1n) is 8.71. The molecule has 0 unspecified atom stereocenters. The summed E-state index contributed by atoms with van der Waals surface area (Å²) >= 11 is 0. The second-order valence-corrected chi connectivity index (χ2v) is 6.38. The van der Waals surface area contributed by atoms with Gasteiger partial charge in [-0.1, -0.05) is 48.0 Å². The Morgan fingerprint density at radius 1 is 0.923 bits per heavy atom. The third-order valence-corrected chi connectivity index (χ3v) is 4.12. The minimum Gasteiger partial charge on any atom is -0.395 e. The summed E-state index contributed by atoms with van der Waals surface area (Å²) in [4.78, 5) is 9.12. The van der Waals surface area contributed by atoms with E-state index in [1.54, 1.807) is 0 Å². The Labute approximate surface area is 154 Å². The lowest BCUT2D eigenvalue weighted by atomic mass is 10.1. The van der Waals surface area contributed by atoms with Crippen LogP contribution in [0, 0.1) is 20.8 Å². The Balaban J connectivity index is 2.01. The summed E-state index contributed by atoms with van der Waals surface area (Å²) in [6.07, 6.45) is 0. The number of hydrogen-bond donors (Lipinski definition) is 3. The fourth-order valence-corrected chi connectivity index (χ4v) is 3.02. The molecule has 134 valence electrons. The maximum Gasteiger partial charge on any atom is 0.225 e. The quantitative estimate of drug-likeness (QED) is 0.622. The minimum absolute atomic E-state index is 0.0257. The number of aryl methyl sites for hydroxylation is 3. The van der Waals surface area contributed by atoms with Gasteiger partial charge in [0.15, 0.2) is 0 Å². The van der Waals surface area contributed by atoms with Crippen molar-refractivity contribution >= 4 is 17.5 Å². The lowest BCUT2D eigenvalue weighted by Crippen LogP contribution is -2.10. The highest BCUT2D eigenvalue weighted by molar-refractivity contribution is 5.70. The standard InChI is InChI=1S/C21H24N4O/c1-14-11-15(2)20(16(3)12-14)24-19-13-18(17-7-5-4-6-8-17)23-21(25-19)22-9-10-26/h4-8,11-13,26H,9-10H2,1-3H3,(H2,22,23,24,25). The Hall–Kier alpha value is -2.92. The van der Waals surface area contributed by atoms with Gasteiger partial charge in [-0.05, 0) is 31.9 Å². The summed E-state index contributed by atoms with van der Waals surface area (Å²) in [6, 6.07) is 16.2. The van der Waals surface area contributed by atoms with Crippen LogP contribution < -0.4 is 10.6 Å². The van der Waals surface area contributed by atoms with Gasteiger partial charge in [-0.2, -0.15) is 4.98 Å². The molecule has 5 nitrogen and oxygen atoms in total. The highest BCUT2D eigenvalue weighted by Crippen LogP contribution is 2.28. The van der Waals surface area contributed by atoms with Crippen LogP contribution in [0.25, 0.3) is 11.3 Å². The first-order chi connectivity index (χ1) is 12.6. The summed E-state index contributed by atoms with van der Waals surface area (Å²) in [5, 5.41) is 15.6. The molecule has 3 aromatic rings. The summed E-state index contributed by atoms with van der Waals surface area (Å²) in [7, 11) is 0. The third-order valence-electron chi connectivity index (χ3n) is 4.12. The van der Waals surface area contributed by atoms with Gasteiger partial charge >= 0.3 is 0 Å². The summed E-state index contributed by atoms with van der Waals surface area (Å²) in [5.41, 5.74) is 6.48. The molecule has 0 aliphatic heterocycles. The van der Waals surface area contributed by atoms with Crippen molar-refractivity contribution in [1.29, 1.82) is 0 Å². The van der Waals surface area contributed by atoms with Crippen LogP contribution in [-0.2, 0) is 0 Å². The summed E-state index contributed by atoms with van der Waals surface area (Å²) in [5.74, 6) is 1.21. The second kappa shape index (κ2) is 7.97. The van der Waals surface area contributed by atoms with E-state index in [-0.39, 0.29) is 6.61 Å². The van der Waals surface area contributed by atoms with Crippen molar-refractivity contribution in [3.8, 4) is 11.3 Å². The monoisotopic (exact) mass is 348 g/mol. The highest BCUT2D eigenvalue weighted by Gasteiger charge is 2.10. The maximum atomic E-state index is 9.08. The molecule has 1 heterocycles. The fourth-order valence-electron chi connectivity index (χ4n) is 3.02. The zero-order valence-electron chi connectivity index (χ0n) is 15.4. The zero-order valence-corrected chi connectivity index (χ0v) is 15.4. The van der Waals surface area contributed by atoms with E-state index in [9.17, 15) is 0 Å². The molecule has 0 aliphatic rings. The molecular formula is C21H24N4O. The number of aromatic nitrogens is 2. The number of aliphatic hydroxyl groups excluding tert-OH is 1. The third kappa shape index (κ3) is 4.18. The van der Waals surface area contributed by atoms with Crippen LogP contribution in [0.2, 0.25) is 0 Å². The highest BCUT2D eigenvalue weighted by atomic mass is 16.3. The van der Waals surface area contributed by atoms with Crippen LogP contribution in [0.3, 0.4) is 0 Å². The number of aliphatic hydroxyl groups is 1. The largest absolute Gasteiger partial charge is 0.395 e. The van der Waals surface area contributed by atoms with Crippen molar-refractivity contribution in [3.63, 3.8) is 0 Å². The average molecular weight is 348 g/mol. The molecule has 0 atom stereocenters. The van der Waals surface area contributed by atoms with Gasteiger partial charge in [-0.15, -0.1) is 0 Å². The van der Waals surface area contributed by atoms with Crippen molar-refractivity contribution < 1.29 is 5.11 Å². The Morgan fingerprint density at radius 3 is 2.27 bits per heavy atom. The van der Waals surface area contributed by atoms with Gasteiger partial charge < -0.3 is 15.7 Å². The van der Waals surface area contributed by atoms with E-state index >= 15 is 0 Å². The SMILES string of the molecule is Cc1cc(C)c(Nc2cc(-c3ccccc3)nc(NCCO)n2)c(C)c1. The molecule has 0 saturated heterocycles. The molecule has 1 aromatic heterocycles. The van der Waals surface area contributed by atoms with Gasteiger partial charge in [0.05, 0.1) is 12.3 Å². The zero-order chi connectivity index (χ0) is 18.5. The molecule has 0 bridgehead atoms. The summed E-state index contributed by atoms with van der Waals surface area (Å²) in [6.45, 7) is 6.70. The Bertz CT molecular complexity index is 871. The van der Waals surface area contributed by atoms with Crippen molar-refractivity contribution in [1.82, 2.24) is 9.97 Å². The van der Waals surface area contributed by atoms with Crippen molar-refractivity contribution in [3.05, 3.63) is 65.2 Å². The topological polar surface area (TPSA) is 70.1 Å². The first-order valence-corrected chi connectivity index (χ1v) is 8.71. The molecule has 0 spiro atoms. The van der Waals surface area contributed by atoms with Crippen LogP contribution >= 0.6 is 0 Å². The lowest BCUT2D eigenvalue weighted by Gasteiger charge is -2.15. The predicted molar refractivity (Wildman–Crippen MR) is 107 cm³/mol. The first kappa shape index (κ1) is 17.9. The van der Waals surface area contributed by atoms with Crippen molar-refractivity contribution in [2.75, 3.05) is 23.8 Å². The molecule has 0 amide bonds. The molecule has 3 rings (SSSR count). The van der Waals surface area contributed by atoms with E-state index in [1.165, 1.54) is 16.7 Å². The van der Waals surface area contributed by atoms with E-state index in [0.717, 1.165) is 16.9 Å². The van der Waals surface area contributed by atoms with Crippen LogP contribution in [0.15, 0.2) is 48.5 Å². The molecule has 0 aliphatic carbocycles. The van der Waals surface area contributed by atoms with E-state index in [4.69, 9.17) is 5.11 Å². The number of nitrogens with zero attached hydrogens (tertiary/aromatic N) is 2. The van der Waals surface area contributed by atoms with E-state index < -0.39 is 0 Å². The molecule has 0 fully saturated rings. The number of nitrogens with one attached hydrogen (secondary N) is 2. The lowest BCUT2D eigenvalue weighted by molar-refractivity contribution is 0.311. The number of hydrogen-bond acceptors (Lipinski definition) is 5. The predicted octanol–water partition coefficient (Wildman–Crippen LogP) is 4.22. The van der Waals surface area contributed by atoms with E-state index in [2.05, 4.69) is 53.5 Å². The van der Waals surface area contributed by atoms with Gasteiger partial charge in [-0.25, -0.2) is 4.98 Å². The van der Waals surface area contributed by atoms with Gasteiger partial charge in [0, 0.05) is 23.9 Å². The molecule has 26 heavy (non-hydrogen) atoms. The molecule has 3 N–H and O–H groups in total. The van der Waals surface area contributed by atoms with E-state index in [0.29, 0.717) is 18.3 Å². The van der Waals surface area contributed by atoms with Crippen molar-refractivity contribution in [2.45, 2.75) is 20.8 Å². The fraction of sp³-hybridized carbons (Fsp3) is 0.238. The molecule has 0 radical (unpaired) electrons. The Kier molecular flexibility index (Phi) is 5.49. The van der Waals surface area contributed by atoms with Crippen LogP contribution in [0.4, 0.5) is 17.5 Å². The normalized spacial score (nSPS) is 10.6. The molecular weight excluding hydrogens is 324 g/mol. The Morgan fingerprint density at radius 2 is 1.62 bits per heavy atom. The second-order valence-electron chi connectivity index (χ2n) is 6.38. The summed E-state index contributed by atoms with van der Waals surface area (Å²) < 4.78 is 0. The molecule has 0 saturated carbocycles. The van der Waals surface area contributed by atoms with Gasteiger partial charge in [0.1, 0.15) is 5.82 Å². The smallest absolute Gasteiger partial charge is 0.225 e. The minimum atomic E-state index is 0.0257.